The van der Waals surface area contributed by atoms with E-state index in [1.807, 2.05) is 0 Å². The number of ketones is 1. The van der Waals surface area contributed by atoms with Crippen LogP contribution in [0.5, 0.6) is 0 Å². The first-order chi connectivity index (χ1) is 8.29. The van der Waals surface area contributed by atoms with Crippen LogP contribution in [-0.4, -0.2) is 54.9 Å². The van der Waals surface area contributed by atoms with E-state index >= 15 is 0 Å². The summed E-state index contributed by atoms with van der Waals surface area (Å²) < 4.78 is 0. The molecule has 0 N–H and O–H groups in total. The Morgan fingerprint density at radius 2 is 1.82 bits per heavy atom. The van der Waals surface area contributed by atoms with Gasteiger partial charge in [0.25, 0.3) is 0 Å². The Morgan fingerprint density at radius 3 is 2.47 bits per heavy atom. The van der Waals surface area contributed by atoms with Crippen LogP contribution < -0.4 is 0 Å². The molecule has 2 rings (SSSR count). The fourth-order valence-electron chi connectivity index (χ4n) is 3.07. The molecule has 1 saturated heterocycles. The molecule has 1 saturated carbocycles. The normalized spacial score (nSPS) is 28.5. The Labute approximate surface area is 105 Å². The first-order valence-corrected chi connectivity index (χ1v) is 7.27. The van der Waals surface area contributed by atoms with Crippen LogP contribution >= 0.6 is 0 Å². The van der Waals surface area contributed by atoms with Gasteiger partial charge in [0.05, 0.1) is 0 Å². The summed E-state index contributed by atoms with van der Waals surface area (Å²) in [5.74, 6) is 0.869. The van der Waals surface area contributed by atoms with Crippen LogP contribution in [0.4, 0.5) is 0 Å². The van der Waals surface area contributed by atoms with E-state index in [1.54, 1.807) is 0 Å². The molecule has 1 aliphatic heterocycles. The molecule has 1 heterocycles. The molecule has 17 heavy (non-hydrogen) atoms. The summed E-state index contributed by atoms with van der Waals surface area (Å²) in [6, 6.07) is 0. The highest BCUT2D eigenvalue weighted by atomic mass is 16.1. The Kier molecular flexibility index (Phi) is 4.99. The summed E-state index contributed by atoms with van der Waals surface area (Å²) in [6.45, 7) is 9.19. The zero-order chi connectivity index (χ0) is 12.1. The number of nitrogens with zero attached hydrogens (tertiary/aromatic N) is 2. The van der Waals surface area contributed by atoms with Crippen molar-refractivity contribution >= 4 is 5.78 Å². The van der Waals surface area contributed by atoms with Crippen LogP contribution in [0.3, 0.4) is 0 Å². The summed E-state index contributed by atoms with van der Waals surface area (Å²) in [4.78, 5) is 16.8. The van der Waals surface area contributed by atoms with E-state index in [2.05, 4.69) is 16.7 Å². The molecule has 0 bridgehead atoms. The van der Waals surface area contributed by atoms with Crippen molar-refractivity contribution in [3.8, 4) is 0 Å². The van der Waals surface area contributed by atoms with Crippen LogP contribution in [0, 0.1) is 5.92 Å². The number of rotatable bonds is 4. The molecule has 0 amide bonds. The number of Topliss-reactive ketones (excluding diaryl/α,β-unsaturated/α-hetero) is 1. The van der Waals surface area contributed by atoms with Gasteiger partial charge in [0.1, 0.15) is 5.78 Å². The number of carbonyl (C=O) groups excluding carboxylic acids is 1. The van der Waals surface area contributed by atoms with Crippen molar-refractivity contribution in [1.29, 1.82) is 0 Å². The minimum absolute atomic E-state index is 0.349. The summed E-state index contributed by atoms with van der Waals surface area (Å²) >= 11 is 0. The van der Waals surface area contributed by atoms with Crippen LogP contribution in [0.2, 0.25) is 0 Å². The van der Waals surface area contributed by atoms with Crippen LogP contribution in [0.15, 0.2) is 0 Å². The molecule has 0 aromatic heterocycles. The van der Waals surface area contributed by atoms with E-state index in [-0.39, 0.29) is 0 Å². The van der Waals surface area contributed by atoms with E-state index in [9.17, 15) is 4.79 Å². The molecule has 0 radical (unpaired) electrons. The van der Waals surface area contributed by atoms with Gasteiger partial charge in [-0.1, -0.05) is 13.3 Å². The summed E-state index contributed by atoms with van der Waals surface area (Å²) in [7, 11) is 0. The Hall–Kier alpha value is -0.410. The summed E-state index contributed by atoms with van der Waals surface area (Å²) in [6.07, 6.45) is 5.60. The van der Waals surface area contributed by atoms with Crippen molar-refractivity contribution in [2.24, 2.45) is 5.92 Å². The number of hydrogen-bond acceptors (Lipinski definition) is 3. The Bertz CT molecular complexity index is 247. The monoisotopic (exact) mass is 238 g/mol. The smallest absolute Gasteiger partial charge is 0.137 e. The molecule has 3 heteroatoms. The van der Waals surface area contributed by atoms with E-state index in [4.69, 9.17) is 0 Å². The standard InChI is InChI=1S/C14H26N2O/c1-2-7-15-8-10-16(11-9-15)12-13-5-3-4-6-14(13)17/h13H,2-12H2,1H3. The second kappa shape index (κ2) is 6.50. The lowest BCUT2D eigenvalue weighted by Gasteiger charge is -2.36. The van der Waals surface area contributed by atoms with Crippen molar-refractivity contribution in [2.75, 3.05) is 39.3 Å². The van der Waals surface area contributed by atoms with Crippen LogP contribution in [-0.2, 0) is 4.79 Å². The van der Waals surface area contributed by atoms with Gasteiger partial charge in [-0.05, 0) is 25.8 Å². The molecule has 1 unspecified atom stereocenters. The van der Waals surface area contributed by atoms with Gasteiger partial charge < -0.3 is 9.80 Å². The molecular weight excluding hydrogens is 212 g/mol. The van der Waals surface area contributed by atoms with Crippen LogP contribution in [0.1, 0.15) is 39.0 Å². The average molecular weight is 238 g/mol. The highest BCUT2D eigenvalue weighted by molar-refractivity contribution is 5.81. The first kappa shape index (κ1) is 13.0. The van der Waals surface area contributed by atoms with Crippen LogP contribution in [0.25, 0.3) is 0 Å². The maximum Gasteiger partial charge on any atom is 0.137 e. The maximum atomic E-state index is 11.8. The second-order valence-electron chi connectivity index (χ2n) is 5.55. The molecule has 98 valence electrons. The first-order valence-electron chi connectivity index (χ1n) is 7.27. The predicted molar refractivity (Wildman–Crippen MR) is 70.1 cm³/mol. The largest absolute Gasteiger partial charge is 0.301 e. The van der Waals surface area contributed by atoms with E-state index in [1.165, 1.54) is 32.5 Å². The van der Waals surface area contributed by atoms with Gasteiger partial charge >= 0.3 is 0 Å². The molecule has 2 aliphatic rings. The lowest BCUT2D eigenvalue weighted by atomic mass is 9.87. The molecule has 0 aromatic carbocycles. The summed E-state index contributed by atoms with van der Waals surface area (Å²) in [5, 5.41) is 0. The van der Waals surface area contributed by atoms with Gasteiger partial charge in [-0.2, -0.15) is 0 Å². The second-order valence-corrected chi connectivity index (χ2v) is 5.55. The van der Waals surface area contributed by atoms with E-state index in [0.717, 1.165) is 38.9 Å². The van der Waals surface area contributed by atoms with Gasteiger partial charge in [0, 0.05) is 45.1 Å². The van der Waals surface area contributed by atoms with Gasteiger partial charge in [-0.3, -0.25) is 4.79 Å². The Balaban J connectivity index is 1.72. The number of hydrogen-bond donors (Lipinski definition) is 0. The third kappa shape index (κ3) is 3.78. The third-order valence-corrected chi connectivity index (χ3v) is 4.16. The minimum Gasteiger partial charge on any atom is -0.301 e. The zero-order valence-electron chi connectivity index (χ0n) is 11.2. The van der Waals surface area contributed by atoms with E-state index < -0.39 is 0 Å². The van der Waals surface area contributed by atoms with Gasteiger partial charge in [-0.15, -0.1) is 0 Å². The molecule has 2 fully saturated rings. The molecule has 0 aromatic rings. The average Bonchev–Trinajstić information content (AvgIpc) is 2.35. The van der Waals surface area contributed by atoms with Crippen molar-refractivity contribution in [3.05, 3.63) is 0 Å². The molecule has 0 spiro atoms. The van der Waals surface area contributed by atoms with E-state index in [0.29, 0.717) is 11.7 Å². The number of piperazine rings is 1. The van der Waals surface area contributed by atoms with Crippen molar-refractivity contribution in [2.45, 2.75) is 39.0 Å². The predicted octanol–water partition coefficient (Wildman–Crippen LogP) is 1.77. The zero-order valence-corrected chi connectivity index (χ0v) is 11.2. The van der Waals surface area contributed by atoms with Crippen molar-refractivity contribution in [1.82, 2.24) is 9.80 Å². The highest BCUT2D eigenvalue weighted by Crippen LogP contribution is 2.21. The molecular formula is C14H26N2O. The molecule has 3 nitrogen and oxygen atoms in total. The SMILES string of the molecule is CCCN1CCN(CC2CCCCC2=O)CC1. The topological polar surface area (TPSA) is 23.6 Å². The quantitative estimate of drug-likeness (QED) is 0.746. The highest BCUT2D eigenvalue weighted by Gasteiger charge is 2.25. The van der Waals surface area contributed by atoms with Crippen molar-refractivity contribution < 1.29 is 4.79 Å². The van der Waals surface area contributed by atoms with Crippen molar-refractivity contribution in [3.63, 3.8) is 0 Å². The molecule has 1 atom stereocenters. The Morgan fingerprint density at radius 1 is 1.12 bits per heavy atom. The lowest BCUT2D eigenvalue weighted by molar-refractivity contribution is -0.125. The maximum absolute atomic E-state index is 11.8. The third-order valence-electron chi connectivity index (χ3n) is 4.16. The fraction of sp³-hybridized carbons (Fsp3) is 0.929. The van der Waals surface area contributed by atoms with Gasteiger partial charge in [0.2, 0.25) is 0 Å². The summed E-state index contributed by atoms with van der Waals surface area (Å²) in [5.41, 5.74) is 0. The van der Waals surface area contributed by atoms with Gasteiger partial charge in [-0.25, -0.2) is 0 Å². The minimum atomic E-state index is 0.349. The molecule has 1 aliphatic carbocycles. The fourth-order valence-corrected chi connectivity index (χ4v) is 3.07. The number of carbonyl (C=O) groups is 1. The lowest BCUT2D eigenvalue weighted by Crippen LogP contribution is -2.48. The van der Waals surface area contributed by atoms with Gasteiger partial charge in [0.15, 0.2) is 0 Å².